The molecule has 0 atom stereocenters. The van der Waals surface area contributed by atoms with Crippen LogP contribution >= 0.6 is 0 Å². The normalized spacial score (nSPS) is 15.6. The first-order chi connectivity index (χ1) is 10.9. The van der Waals surface area contributed by atoms with Gasteiger partial charge in [-0.2, -0.15) is 18.2 Å². The van der Waals surface area contributed by atoms with Gasteiger partial charge in [0.05, 0.1) is 11.3 Å². The fraction of sp³-hybridized carbons (Fsp3) is 0.333. The summed E-state index contributed by atoms with van der Waals surface area (Å²) in [6, 6.07) is 7.00. The van der Waals surface area contributed by atoms with E-state index in [0.717, 1.165) is 25.2 Å². The van der Waals surface area contributed by atoms with Gasteiger partial charge < -0.3 is 16.0 Å². The number of anilines is 2. The van der Waals surface area contributed by atoms with Crippen LogP contribution in [0, 0.1) is 0 Å². The van der Waals surface area contributed by atoms with E-state index < -0.39 is 11.7 Å². The van der Waals surface area contributed by atoms with Gasteiger partial charge >= 0.3 is 6.18 Å². The van der Waals surface area contributed by atoms with Crippen molar-refractivity contribution in [1.82, 2.24) is 15.3 Å². The summed E-state index contributed by atoms with van der Waals surface area (Å²) in [4.78, 5) is 10.3. The zero-order valence-corrected chi connectivity index (χ0v) is 12.4. The second kappa shape index (κ2) is 5.69. The van der Waals surface area contributed by atoms with Crippen molar-refractivity contribution in [1.29, 1.82) is 0 Å². The lowest BCUT2D eigenvalue weighted by Crippen LogP contribution is -2.57. The van der Waals surface area contributed by atoms with E-state index >= 15 is 0 Å². The summed E-state index contributed by atoms with van der Waals surface area (Å²) in [5, 5.41) is 3.16. The van der Waals surface area contributed by atoms with Gasteiger partial charge in [0.25, 0.3) is 0 Å². The zero-order chi connectivity index (χ0) is 16.6. The number of benzene rings is 1. The Morgan fingerprint density at radius 3 is 2.39 bits per heavy atom. The highest BCUT2D eigenvalue weighted by molar-refractivity contribution is 5.65. The molecule has 2 heterocycles. The highest BCUT2D eigenvalue weighted by Gasteiger charge is 2.30. The Bertz CT molecular complexity index is 693. The first kappa shape index (κ1) is 15.5. The van der Waals surface area contributed by atoms with E-state index in [9.17, 15) is 13.2 Å². The Hall–Kier alpha value is -2.35. The van der Waals surface area contributed by atoms with Crippen LogP contribution in [-0.2, 0) is 6.18 Å². The number of nitrogen functional groups attached to an aromatic ring is 1. The van der Waals surface area contributed by atoms with Crippen LogP contribution in [0.25, 0.3) is 11.3 Å². The first-order valence-corrected chi connectivity index (χ1v) is 7.11. The van der Waals surface area contributed by atoms with Crippen molar-refractivity contribution in [2.45, 2.75) is 12.2 Å². The van der Waals surface area contributed by atoms with E-state index in [1.807, 2.05) is 11.9 Å². The fourth-order valence-electron chi connectivity index (χ4n) is 2.44. The van der Waals surface area contributed by atoms with Crippen LogP contribution in [0.4, 0.5) is 24.9 Å². The van der Waals surface area contributed by atoms with Crippen LogP contribution in [0.1, 0.15) is 5.56 Å². The lowest BCUT2D eigenvalue weighted by Gasteiger charge is -2.40. The molecule has 1 saturated heterocycles. The number of rotatable bonds is 3. The van der Waals surface area contributed by atoms with Gasteiger partial charge in [-0.3, -0.25) is 0 Å². The van der Waals surface area contributed by atoms with Gasteiger partial charge in [-0.25, -0.2) is 4.98 Å². The van der Waals surface area contributed by atoms with Gasteiger partial charge in [-0.15, -0.1) is 0 Å². The highest BCUT2D eigenvalue weighted by Crippen LogP contribution is 2.31. The Morgan fingerprint density at radius 1 is 1.17 bits per heavy atom. The summed E-state index contributed by atoms with van der Waals surface area (Å²) in [6.07, 6.45) is -4.35. The van der Waals surface area contributed by atoms with Gasteiger partial charge in [-0.05, 0) is 19.2 Å². The van der Waals surface area contributed by atoms with Gasteiger partial charge in [0, 0.05) is 30.8 Å². The molecule has 0 amide bonds. The number of halogens is 3. The Labute approximate surface area is 131 Å². The van der Waals surface area contributed by atoms with Crippen LogP contribution in [0.3, 0.4) is 0 Å². The van der Waals surface area contributed by atoms with Gasteiger partial charge in [0.1, 0.15) is 5.82 Å². The van der Waals surface area contributed by atoms with E-state index in [0.29, 0.717) is 23.1 Å². The number of hydrogen-bond donors (Lipinski definition) is 2. The predicted octanol–water partition coefficient (Wildman–Crippen LogP) is 2.15. The van der Waals surface area contributed by atoms with E-state index in [4.69, 9.17) is 5.73 Å². The molecule has 0 radical (unpaired) electrons. The molecule has 1 aliphatic rings. The van der Waals surface area contributed by atoms with Crippen molar-refractivity contribution in [3.63, 3.8) is 0 Å². The van der Waals surface area contributed by atoms with E-state index in [-0.39, 0.29) is 5.95 Å². The molecule has 0 aliphatic carbocycles. The molecule has 0 spiro atoms. The van der Waals surface area contributed by atoms with E-state index in [2.05, 4.69) is 15.3 Å². The SMILES string of the molecule is CNC1CN(c2cc(-c3ccc(C(F)(F)F)cc3)nc(N)n2)C1. The molecule has 0 saturated carbocycles. The molecule has 1 fully saturated rings. The Morgan fingerprint density at radius 2 is 1.83 bits per heavy atom. The maximum atomic E-state index is 12.6. The topological polar surface area (TPSA) is 67.1 Å². The number of nitrogens with one attached hydrogen (secondary N) is 1. The Balaban J connectivity index is 1.87. The number of nitrogens with zero attached hydrogens (tertiary/aromatic N) is 3. The van der Waals surface area contributed by atoms with Gasteiger partial charge in [0.15, 0.2) is 0 Å². The largest absolute Gasteiger partial charge is 0.416 e. The van der Waals surface area contributed by atoms with Crippen LogP contribution in [0.5, 0.6) is 0 Å². The minimum absolute atomic E-state index is 0.102. The summed E-state index contributed by atoms with van der Waals surface area (Å²) in [5.41, 5.74) is 6.12. The average molecular weight is 323 g/mol. The fourth-order valence-corrected chi connectivity index (χ4v) is 2.44. The standard InChI is InChI=1S/C15H16F3N5/c1-20-11-7-23(8-11)13-6-12(21-14(19)22-13)9-2-4-10(5-3-9)15(16,17)18/h2-6,11,20H,7-8H2,1H3,(H2,19,21,22). The van der Waals surface area contributed by atoms with Crippen molar-refractivity contribution in [3.8, 4) is 11.3 Å². The van der Waals surface area contributed by atoms with Crippen LogP contribution in [0.15, 0.2) is 30.3 Å². The highest BCUT2D eigenvalue weighted by atomic mass is 19.4. The number of aromatic nitrogens is 2. The number of nitrogens with two attached hydrogens (primary N) is 1. The molecule has 1 aliphatic heterocycles. The molecular weight excluding hydrogens is 307 g/mol. The molecule has 1 aromatic carbocycles. The molecule has 5 nitrogen and oxygen atoms in total. The molecule has 0 bridgehead atoms. The molecular formula is C15H16F3N5. The molecule has 122 valence electrons. The van der Waals surface area contributed by atoms with Crippen LogP contribution in [0.2, 0.25) is 0 Å². The number of alkyl halides is 3. The Kier molecular flexibility index (Phi) is 3.85. The summed E-state index contributed by atoms with van der Waals surface area (Å²) in [6.45, 7) is 1.61. The van der Waals surface area contributed by atoms with Crippen LogP contribution < -0.4 is 16.0 Å². The second-order valence-corrected chi connectivity index (χ2v) is 5.44. The molecule has 3 rings (SSSR count). The predicted molar refractivity (Wildman–Crippen MR) is 81.9 cm³/mol. The average Bonchev–Trinajstić information content (AvgIpc) is 2.45. The van der Waals surface area contributed by atoms with Crippen molar-refractivity contribution in [2.75, 3.05) is 30.8 Å². The third-order valence-corrected chi connectivity index (χ3v) is 3.85. The third-order valence-electron chi connectivity index (χ3n) is 3.85. The van der Waals surface area contributed by atoms with Crippen molar-refractivity contribution in [3.05, 3.63) is 35.9 Å². The van der Waals surface area contributed by atoms with Crippen molar-refractivity contribution < 1.29 is 13.2 Å². The minimum Gasteiger partial charge on any atom is -0.368 e. The van der Waals surface area contributed by atoms with Crippen molar-refractivity contribution in [2.24, 2.45) is 0 Å². The van der Waals surface area contributed by atoms with E-state index in [1.165, 1.54) is 12.1 Å². The first-order valence-electron chi connectivity index (χ1n) is 7.11. The number of likely N-dealkylation sites (N-methyl/N-ethyl adjacent to an activating group) is 1. The molecule has 0 unspecified atom stereocenters. The summed E-state index contributed by atoms with van der Waals surface area (Å²) in [5.74, 6) is 0.782. The molecule has 23 heavy (non-hydrogen) atoms. The summed E-state index contributed by atoms with van der Waals surface area (Å²) in [7, 11) is 1.89. The zero-order valence-electron chi connectivity index (χ0n) is 12.4. The third kappa shape index (κ3) is 3.21. The van der Waals surface area contributed by atoms with Crippen molar-refractivity contribution >= 4 is 11.8 Å². The second-order valence-electron chi connectivity index (χ2n) is 5.44. The molecule has 2 aromatic rings. The lowest BCUT2D eigenvalue weighted by atomic mass is 10.1. The molecule has 3 N–H and O–H groups in total. The maximum absolute atomic E-state index is 12.6. The monoisotopic (exact) mass is 323 g/mol. The minimum atomic E-state index is -4.35. The lowest BCUT2D eigenvalue weighted by molar-refractivity contribution is -0.137. The smallest absolute Gasteiger partial charge is 0.368 e. The summed E-state index contributed by atoms with van der Waals surface area (Å²) >= 11 is 0. The van der Waals surface area contributed by atoms with Gasteiger partial charge in [-0.1, -0.05) is 12.1 Å². The maximum Gasteiger partial charge on any atom is 0.416 e. The van der Waals surface area contributed by atoms with Crippen LogP contribution in [-0.4, -0.2) is 36.1 Å². The van der Waals surface area contributed by atoms with Gasteiger partial charge in [0.2, 0.25) is 5.95 Å². The molecule has 8 heteroatoms. The quantitative estimate of drug-likeness (QED) is 0.906. The summed E-state index contributed by atoms with van der Waals surface area (Å²) < 4.78 is 37.9. The van der Waals surface area contributed by atoms with E-state index in [1.54, 1.807) is 6.07 Å². The molecule has 1 aromatic heterocycles. The number of hydrogen-bond acceptors (Lipinski definition) is 5.